The molecule has 1 fully saturated rings. The zero-order valence-electron chi connectivity index (χ0n) is 13.0. The molecule has 0 aliphatic heterocycles. The second kappa shape index (κ2) is 6.40. The summed E-state index contributed by atoms with van der Waals surface area (Å²) in [6.45, 7) is 10.5. The van der Waals surface area contributed by atoms with Gasteiger partial charge in [0.05, 0.1) is 0 Å². The zero-order valence-corrected chi connectivity index (χ0v) is 13.0. The number of likely N-dealkylation sites (N-methyl/N-ethyl adjacent to an activating group) is 1. The van der Waals surface area contributed by atoms with Gasteiger partial charge in [-0.25, -0.2) is 0 Å². The van der Waals surface area contributed by atoms with E-state index < -0.39 is 11.8 Å². The lowest BCUT2D eigenvalue weighted by Crippen LogP contribution is -2.54. The number of amides is 2. The molecule has 110 valence electrons. The van der Waals surface area contributed by atoms with Crippen molar-refractivity contribution in [3.63, 3.8) is 0 Å². The molecule has 1 saturated carbocycles. The van der Waals surface area contributed by atoms with E-state index in [1.165, 1.54) is 6.42 Å². The summed E-state index contributed by atoms with van der Waals surface area (Å²) >= 11 is 0. The predicted octanol–water partition coefficient (Wildman–Crippen LogP) is 2.33. The van der Waals surface area contributed by atoms with Gasteiger partial charge in [0.2, 0.25) is 0 Å². The third-order valence-corrected chi connectivity index (χ3v) is 3.99. The van der Waals surface area contributed by atoms with Crippen LogP contribution in [0.25, 0.3) is 0 Å². The normalized spacial score (nSPS) is 23.8. The molecule has 0 aromatic heterocycles. The average molecular weight is 268 g/mol. The van der Waals surface area contributed by atoms with Gasteiger partial charge < -0.3 is 10.2 Å². The van der Waals surface area contributed by atoms with Crippen LogP contribution in [-0.4, -0.2) is 34.8 Å². The van der Waals surface area contributed by atoms with Gasteiger partial charge in [-0.3, -0.25) is 9.59 Å². The van der Waals surface area contributed by atoms with E-state index in [1.54, 1.807) is 4.90 Å². The van der Waals surface area contributed by atoms with E-state index in [-0.39, 0.29) is 11.6 Å². The number of hydrogen-bond donors (Lipinski definition) is 1. The van der Waals surface area contributed by atoms with Crippen molar-refractivity contribution in [3.8, 4) is 0 Å². The molecule has 1 aliphatic rings. The maximum atomic E-state index is 12.2. The Labute approximate surface area is 116 Å². The SMILES string of the molecule is CCN(C(=O)C(=O)NC1CCCCC1C)C(C)(C)C. The molecule has 19 heavy (non-hydrogen) atoms. The van der Waals surface area contributed by atoms with Crippen molar-refractivity contribution in [2.75, 3.05) is 6.54 Å². The van der Waals surface area contributed by atoms with E-state index >= 15 is 0 Å². The quantitative estimate of drug-likeness (QED) is 0.781. The first-order chi connectivity index (χ1) is 8.77. The Bertz CT molecular complexity index is 334. The van der Waals surface area contributed by atoms with Gasteiger partial charge in [-0.1, -0.05) is 19.8 Å². The van der Waals surface area contributed by atoms with Crippen molar-refractivity contribution in [3.05, 3.63) is 0 Å². The van der Waals surface area contributed by atoms with Crippen molar-refractivity contribution in [2.45, 2.75) is 71.9 Å². The van der Waals surface area contributed by atoms with Crippen LogP contribution in [0.4, 0.5) is 0 Å². The van der Waals surface area contributed by atoms with Crippen LogP contribution in [0, 0.1) is 5.92 Å². The van der Waals surface area contributed by atoms with Gasteiger partial charge in [-0.05, 0) is 46.5 Å². The second-order valence-electron chi connectivity index (χ2n) is 6.56. The van der Waals surface area contributed by atoms with Crippen LogP contribution in [0.5, 0.6) is 0 Å². The molecule has 1 aliphatic carbocycles. The van der Waals surface area contributed by atoms with Gasteiger partial charge in [-0.2, -0.15) is 0 Å². The lowest BCUT2D eigenvalue weighted by atomic mass is 9.86. The smallest absolute Gasteiger partial charge is 0.312 e. The molecule has 2 unspecified atom stereocenters. The van der Waals surface area contributed by atoms with Gasteiger partial charge in [0.15, 0.2) is 0 Å². The van der Waals surface area contributed by atoms with Gasteiger partial charge in [-0.15, -0.1) is 0 Å². The van der Waals surface area contributed by atoms with Gasteiger partial charge in [0.25, 0.3) is 0 Å². The molecule has 2 amide bonds. The first kappa shape index (κ1) is 16.0. The first-order valence-corrected chi connectivity index (χ1v) is 7.39. The van der Waals surface area contributed by atoms with E-state index in [1.807, 2.05) is 27.7 Å². The molecule has 2 atom stereocenters. The standard InChI is InChI=1S/C15H28N2O2/c1-6-17(15(3,4)5)14(19)13(18)16-12-10-8-7-9-11(12)2/h11-12H,6-10H2,1-5H3,(H,16,18). The molecular formula is C15H28N2O2. The summed E-state index contributed by atoms with van der Waals surface area (Å²) in [6.07, 6.45) is 4.49. The average Bonchev–Trinajstić information content (AvgIpc) is 2.31. The number of nitrogens with one attached hydrogen (secondary N) is 1. The fourth-order valence-corrected chi connectivity index (χ4v) is 2.81. The van der Waals surface area contributed by atoms with Gasteiger partial charge in [0, 0.05) is 18.1 Å². The highest BCUT2D eigenvalue weighted by Crippen LogP contribution is 2.23. The lowest BCUT2D eigenvalue weighted by molar-refractivity contribution is -0.149. The topological polar surface area (TPSA) is 49.4 Å². The summed E-state index contributed by atoms with van der Waals surface area (Å²) in [4.78, 5) is 25.9. The van der Waals surface area contributed by atoms with Gasteiger partial charge in [0.1, 0.15) is 0 Å². The highest BCUT2D eigenvalue weighted by Gasteiger charge is 2.32. The number of nitrogens with zero attached hydrogens (tertiary/aromatic N) is 1. The minimum Gasteiger partial charge on any atom is -0.345 e. The number of hydrogen-bond acceptors (Lipinski definition) is 2. The van der Waals surface area contributed by atoms with Crippen LogP contribution in [-0.2, 0) is 9.59 Å². The molecule has 1 N–H and O–H groups in total. The molecule has 0 aromatic carbocycles. The number of rotatable bonds is 2. The van der Waals surface area contributed by atoms with Crippen LogP contribution in [0.2, 0.25) is 0 Å². The van der Waals surface area contributed by atoms with E-state index in [2.05, 4.69) is 12.2 Å². The summed E-state index contributed by atoms with van der Waals surface area (Å²) < 4.78 is 0. The number of carbonyl (C=O) groups excluding carboxylic acids is 2. The van der Waals surface area contributed by atoms with Crippen LogP contribution in [0.15, 0.2) is 0 Å². The highest BCUT2D eigenvalue weighted by atomic mass is 16.2. The first-order valence-electron chi connectivity index (χ1n) is 7.39. The summed E-state index contributed by atoms with van der Waals surface area (Å²) in [6, 6.07) is 0.156. The van der Waals surface area contributed by atoms with Crippen LogP contribution in [0.1, 0.15) is 60.3 Å². The number of carbonyl (C=O) groups is 2. The largest absolute Gasteiger partial charge is 0.345 e. The van der Waals surface area contributed by atoms with Crippen molar-refractivity contribution < 1.29 is 9.59 Å². The Hall–Kier alpha value is -1.06. The van der Waals surface area contributed by atoms with Crippen molar-refractivity contribution >= 4 is 11.8 Å². The Morgan fingerprint density at radius 1 is 1.21 bits per heavy atom. The van der Waals surface area contributed by atoms with Crippen LogP contribution < -0.4 is 5.32 Å². The predicted molar refractivity (Wildman–Crippen MR) is 76.7 cm³/mol. The molecule has 0 spiro atoms. The van der Waals surface area contributed by atoms with E-state index in [4.69, 9.17) is 0 Å². The summed E-state index contributed by atoms with van der Waals surface area (Å²) in [7, 11) is 0. The molecular weight excluding hydrogens is 240 g/mol. The second-order valence-corrected chi connectivity index (χ2v) is 6.56. The molecule has 1 rings (SSSR count). The molecule has 0 radical (unpaired) electrons. The third-order valence-electron chi connectivity index (χ3n) is 3.99. The van der Waals surface area contributed by atoms with Crippen LogP contribution >= 0.6 is 0 Å². The fraction of sp³-hybridized carbons (Fsp3) is 0.867. The summed E-state index contributed by atoms with van der Waals surface area (Å²) in [5.41, 5.74) is -0.318. The maximum Gasteiger partial charge on any atom is 0.312 e. The molecule has 0 saturated heterocycles. The van der Waals surface area contributed by atoms with Crippen molar-refractivity contribution in [2.24, 2.45) is 5.92 Å². The minimum absolute atomic E-state index is 0.156. The van der Waals surface area contributed by atoms with E-state index in [0.717, 1.165) is 19.3 Å². The summed E-state index contributed by atoms with van der Waals surface area (Å²) in [5, 5.41) is 2.93. The van der Waals surface area contributed by atoms with Crippen LogP contribution in [0.3, 0.4) is 0 Å². The Balaban J connectivity index is 2.64. The highest BCUT2D eigenvalue weighted by molar-refractivity contribution is 6.35. The molecule has 0 heterocycles. The van der Waals surface area contributed by atoms with E-state index in [0.29, 0.717) is 12.5 Å². The van der Waals surface area contributed by atoms with Gasteiger partial charge >= 0.3 is 11.8 Å². The Morgan fingerprint density at radius 3 is 2.26 bits per heavy atom. The molecule has 0 aromatic rings. The molecule has 4 heteroatoms. The zero-order chi connectivity index (χ0) is 14.6. The molecule has 4 nitrogen and oxygen atoms in total. The lowest BCUT2D eigenvalue weighted by Gasteiger charge is -2.35. The summed E-state index contributed by atoms with van der Waals surface area (Å²) in [5.74, 6) is -0.390. The Morgan fingerprint density at radius 2 is 1.79 bits per heavy atom. The third kappa shape index (κ3) is 4.22. The van der Waals surface area contributed by atoms with E-state index in [9.17, 15) is 9.59 Å². The Kier molecular flexibility index (Phi) is 5.39. The van der Waals surface area contributed by atoms with Crippen molar-refractivity contribution in [1.82, 2.24) is 10.2 Å². The molecule has 0 bridgehead atoms. The van der Waals surface area contributed by atoms with Crippen molar-refractivity contribution in [1.29, 1.82) is 0 Å². The maximum absolute atomic E-state index is 12.2. The fourth-order valence-electron chi connectivity index (χ4n) is 2.81. The minimum atomic E-state index is -0.449. The monoisotopic (exact) mass is 268 g/mol.